The quantitative estimate of drug-likeness (QED) is 0.685. The highest BCUT2D eigenvalue weighted by atomic mass is 32.2. The van der Waals surface area contributed by atoms with Crippen LogP contribution >= 0.6 is 0 Å². The number of carbonyl (C=O) groups is 1. The summed E-state index contributed by atoms with van der Waals surface area (Å²) in [5, 5.41) is 5.16. The van der Waals surface area contributed by atoms with Gasteiger partial charge in [0.2, 0.25) is 0 Å². The van der Waals surface area contributed by atoms with Crippen LogP contribution in [0, 0.1) is 12.7 Å². The fourth-order valence-electron chi connectivity index (χ4n) is 3.48. The lowest BCUT2D eigenvalue weighted by Gasteiger charge is -2.40. The van der Waals surface area contributed by atoms with Crippen LogP contribution in [0.15, 0.2) is 36.5 Å². The molecule has 1 atom stereocenters. The molecule has 0 aliphatic carbocycles. The van der Waals surface area contributed by atoms with Gasteiger partial charge in [-0.15, -0.1) is 0 Å². The van der Waals surface area contributed by atoms with Crippen molar-refractivity contribution in [3.05, 3.63) is 53.6 Å². The summed E-state index contributed by atoms with van der Waals surface area (Å²) in [4.78, 5) is 18.4. The fourth-order valence-corrected chi connectivity index (χ4v) is 4.66. The van der Waals surface area contributed by atoms with Gasteiger partial charge in [0.1, 0.15) is 0 Å². The zero-order valence-corrected chi connectivity index (χ0v) is 19.5. The summed E-state index contributed by atoms with van der Waals surface area (Å²) in [5.74, 6) is -0.514. The van der Waals surface area contributed by atoms with E-state index in [0.717, 1.165) is 5.69 Å². The maximum atomic E-state index is 15.1. The van der Waals surface area contributed by atoms with Crippen molar-refractivity contribution in [3.8, 4) is 0 Å². The van der Waals surface area contributed by atoms with Crippen LogP contribution in [0.3, 0.4) is 0 Å². The highest BCUT2D eigenvalue weighted by Gasteiger charge is 2.32. The lowest BCUT2D eigenvalue weighted by atomic mass is 10.1. The Balaban J connectivity index is 1.64. The number of amides is 2. The van der Waals surface area contributed by atoms with Crippen molar-refractivity contribution < 1.29 is 17.6 Å². The number of carbonyl (C=O) groups excluding carboxylic acids is 1. The topological polar surface area (TPSA) is 97.9 Å². The molecule has 0 saturated carbocycles. The van der Waals surface area contributed by atoms with E-state index in [1.807, 2.05) is 18.7 Å². The highest BCUT2D eigenvalue weighted by molar-refractivity contribution is 7.86. The third-order valence-corrected chi connectivity index (χ3v) is 7.29. The van der Waals surface area contributed by atoms with Crippen LogP contribution in [0.1, 0.15) is 18.2 Å². The molecule has 1 saturated heterocycles. The fraction of sp³-hybridized carbons (Fsp3) is 0.429. The summed E-state index contributed by atoms with van der Waals surface area (Å²) < 4.78 is 42.5. The number of urea groups is 1. The Labute approximate surface area is 188 Å². The minimum Gasteiger partial charge on any atom is -0.306 e. The van der Waals surface area contributed by atoms with Crippen molar-refractivity contribution in [2.45, 2.75) is 26.4 Å². The average molecular weight is 465 g/mol. The number of aryl methyl sites for hydroxylation is 1. The second-order valence-electron chi connectivity index (χ2n) is 8.01. The number of hydrogen-bond acceptors (Lipinski definition) is 5. The van der Waals surface area contributed by atoms with Gasteiger partial charge in [0, 0.05) is 57.6 Å². The number of pyridine rings is 1. The Morgan fingerprint density at radius 3 is 2.59 bits per heavy atom. The van der Waals surface area contributed by atoms with Gasteiger partial charge >= 0.3 is 6.03 Å². The first-order valence-corrected chi connectivity index (χ1v) is 11.7. The SMILES string of the molecule is Cc1ccc(NC(=O)Nc2cccc(CN3CCN(S(=O)(=O)N(C)C)C[C@H]3C)c2F)cn1. The van der Waals surface area contributed by atoms with E-state index in [9.17, 15) is 13.2 Å². The molecule has 11 heteroatoms. The number of piperazine rings is 1. The van der Waals surface area contributed by atoms with Crippen molar-refractivity contribution >= 4 is 27.6 Å². The summed E-state index contributed by atoms with van der Waals surface area (Å²) in [7, 11) is -0.467. The van der Waals surface area contributed by atoms with Gasteiger partial charge in [0.25, 0.3) is 10.2 Å². The Morgan fingerprint density at radius 2 is 1.97 bits per heavy atom. The molecule has 2 amide bonds. The number of benzene rings is 1. The van der Waals surface area contributed by atoms with Crippen LogP contribution in [0.5, 0.6) is 0 Å². The maximum Gasteiger partial charge on any atom is 0.323 e. The maximum absolute atomic E-state index is 15.1. The number of nitrogens with one attached hydrogen (secondary N) is 2. The molecule has 1 aliphatic rings. The second kappa shape index (κ2) is 9.90. The molecule has 3 rings (SSSR count). The first kappa shape index (κ1) is 24.1. The van der Waals surface area contributed by atoms with Crippen LogP contribution in [0.2, 0.25) is 0 Å². The molecule has 0 unspecified atom stereocenters. The molecule has 1 aromatic heterocycles. The molecule has 2 aromatic rings. The predicted octanol–water partition coefficient (Wildman–Crippen LogP) is 2.49. The van der Waals surface area contributed by atoms with E-state index in [1.165, 1.54) is 35.0 Å². The summed E-state index contributed by atoms with van der Waals surface area (Å²) in [6.45, 7) is 5.20. The van der Waals surface area contributed by atoms with E-state index in [0.29, 0.717) is 37.4 Å². The normalized spacial score (nSPS) is 18.0. The minimum atomic E-state index is -3.48. The molecule has 2 heterocycles. The lowest BCUT2D eigenvalue weighted by Crippen LogP contribution is -2.55. The van der Waals surface area contributed by atoms with Crippen molar-refractivity contribution in [1.82, 2.24) is 18.5 Å². The minimum absolute atomic E-state index is 0.0709. The van der Waals surface area contributed by atoms with E-state index < -0.39 is 22.1 Å². The molecule has 2 N–H and O–H groups in total. The van der Waals surface area contributed by atoms with Gasteiger partial charge in [0.15, 0.2) is 5.82 Å². The molecule has 9 nitrogen and oxygen atoms in total. The monoisotopic (exact) mass is 464 g/mol. The number of nitrogens with zero attached hydrogens (tertiary/aromatic N) is 4. The third-order valence-electron chi connectivity index (χ3n) is 5.39. The molecule has 174 valence electrons. The molecule has 0 radical (unpaired) electrons. The van der Waals surface area contributed by atoms with Crippen LogP contribution in [0.4, 0.5) is 20.6 Å². The number of rotatable bonds is 6. The van der Waals surface area contributed by atoms with Crippen molar-refractivity contribution in [2.75, 3.05) is 44.4 Å². The zero-order valence-electron chi connectivity index (χ0n) is 18.7. The summed E-state index contributed by atoms with van der Waals surface area (Å²) in [6, 6.07) is 7.66. The largest absolute Gasteiger partial charge is 0.323 e. The van der Waals surface area contributed by atoms with Crippen molar-refractivity contribution in [3.63, 3.8) is 0 Å². The van der Waals surface area contributed by atoms with Gasteiger partial charge in [0.05, 0.1) is 17.6 Å². The standard InChI is InChI=1S/C21H29FN6O3S/c1-15-8-9-18(12-23-15)24-21(29)25-19-7-5-6-17(20(19)22)14-27-10-11-28(13-16(27)2)32(30,31)26(3)4/h5-9,12,16H,10-11,13-14H2,1-4H3,(H2,24,25,29)/t16-/m1/s1. The molecule has 1 aromatic carbocycles. The van der Waals surface area contributed by atoms with Crippen LogP contribution < -0.4 is 10.6 Å². The molecule has 1 aliphatic heterocycles. The highest BCUT2D eigenvalue weighted by Crippen LogP contribution is 2.23. The third kappa shape index (κ3) is 5.60. The van der Waals surface area contributed by atoms with Gasteiger partial charge in [-0.1, -0.05) is 12.1 Å². The van der Waals surface area contributed by atoms with Crippen molar-refractivity contribution in [2.24, 2.45) is 0 Å². The first-order chi connectivity index (χ1) is 15.1. The summed E-state index contributed by atoms with van der Waals surface area (Å²) >= 11 is 0. The van der Waals surface area contributed by atoms with Crippen LogP contribution in [-0.4, -0.2) is 72.7 Å². The second-order valence-corrected chi connectivity index (χ2v) is 10.2. The number of hydrogen-bond donors (Lipinski definition) is 2. The van der Waals surface area contributed by atoms with E-state index in [-0.39, 0.29) is 11.7 Å². The first-order valence-electron chi connectivity index (χ1n) is 10.3. The molecule has 1 fully saturated rings. The van der Waals surface area contributed by atoms with E-state index >= 15 is 4.39 Å². The lowest BCUT2D eigenvalue weighted by molar-refractivity contribution is 0.118. The number of aromatic nitrogens is 1. The number of anilines is 2. The molecular formula is C21H29FN6O3S. The Bertz CT molecular complexity index is 1060. The van der Waals surface area contributed by atoms with Crippen LogP contribution in [0.25, 0.3) is 0 Å². The molecule has 0 spiro atoms. The van der Waals surface area contributed by atoms with Gasteiger partial charge in [-0.25, -0.2) is 9.18 Å². The van der Waals surface area contributed by atoms with E-state index in [2.05, 4.69) is 15.6 Å². The summed E-state index contributed by atoms with van der Waals surface area (Å²) in [6.07, 6.45) is 1.53. The molecular weight excluding hydrogens is 435 g/mol. The van der Waals surface area contributed by atoms with Gasteiger partial charge in [-0.05, 0) is 32.0 Å². The van der Waals surface area contributed by atoms with E-state index in [1.54, 1.807) is 24.3 Å². The molecule has 0 bridgehead atoms. The number of halogens is 1. The van der Waals surface area contributed by atoms with Gasteiger partial charge in [-0.3, -0.25) is 9.88 Å². The zero-order chi connectivity index (χ0) is 23.5. The predicted molar refractivity (Wildman–Crippen MR) is 122 cm³/mol. The van der Waals surface area contributed by atoms with Crippen molar-refractivity contribution in [1.29, 1.82) is 0 Å². The smallest absolute Gasteiger partial charge is 0.306 e. The Hall–Kier alpha value is -2.60. The Kier molecular flexibility index (Phi) is 7.44. The van der Waals surface area contributed by atoms with E-state index in [4.69, 9.17) is 0 Å². The van der Waals surface area contributed by atoms with Crippen LogP contribution in [-0.2, 0) is 16.8 Å². The van der Waals surface area contributed by atoms with Gasteiger partial charge < -0.3 is 10.6 Å². The summed E-state index contributed by atoms with van der Waals surface area (Å²) in [5.41, 5.74) is 1.82. The molecule has 32 heavy (non-hydrogen) atoms. The Morgan fingerprint density at radius 1 is 1.22 bits per heavy atom. The van der Waals surface area contributed by atoms with Gasteiger partial charge in [-0.2, -0.15) is 17.0 Å². The average Bonchev–Trinajstić information content (AvgIpc) is 2.73.